The Morgan fingerprint density at radius 3 is 2.34 bits per heavy atom. The number of rotatable bonds is 4. The second-order valence-electron chi connectivity index (χ2n) is 7.09. The number of nitrogens with zero attached hydrogens (tertiary/aromatic N) is 4. The van der Waals surface area contributed by atoms with Gasteiger partial charge in [-0.25, -0.2) is 4.79 Å². The predicted molar refractivity (Wildman–Crippen MR) is 97.5 cm³/mol. The lowest BCUT2D eigenvalue weighted by Gasteiger charge is -2.45. The molecule has 0 unspecified atom stereocenters. The molecule has 1 amide bonds. The zero-order valence-electron chi connectivity index (χ0n) is 16.4. The highest BCUT2D eigenvalue weighted by molar-refractivity contribution is 5.79. The predicted octanol–water partition coefficient (Wildman–Crippen LogP) is 2.03. The number of aryl methyl sites for hydroxylation is 1. The fraction of sp³-hybridized carbons (Fsp3) is 0.667. The first-order chi connectivity index (χ1) is 13.6. The molecule has 0 aliphatic carbocycles. The number of hydrogen-bond donors (Lipinski definition) is 1. The van der Waals surface area contributed by atoms with E-state index in [-0.39, 0.29) is 11.4 Å². The van der Waals surface area contributed by atoms with Crippen molar-refractivity contribution in [2.75, 3.05) is 38.3 Å². The molecule has 0 saturated carbocycles. The van der Waals surface area contributed by atoms with Crippen molar-refractivity contribution >= 4 is 17.7 Å². The highest BCUT2D eigenvalue weighted by atomic mass is 19.4. The summed E-state index contributed by atoms with van der Waals surface area (Å²) in [6.07, 6.45) is -1.44. The number of aromatic nitrogens is 2. The Morgan fingerprint density at radius 2 is 1.86 bits per heavy atom. The topological polar surface area (TPSA) is 95.9 Å². The molecule has 1 spiro atoms. The minimum absolute atomic E-state index is 0.0320. The highest BCUT2D eigenvalue weighted by Gasteiger charge is 2.46. The molecule has 3 heterocycles. The Morgan fingerprint density at radius 1 is 1.24 bits per heavy atom. The van der Waals surface area contributed by atoms with Gasteiger partial charge in [0, 0.05) is 38.7 Å². The van der Waals surface area contributed by atoms with Gasteiger partial charge >= 0.3 is 12.1 Å². The first kappa shape index (κ1) is 22.9. The molecule has 0 aromatic carbocycles. The second-order valence-corrected chi connectivity index (χ2v) is 7.09. The Kier molecular flexibility index (Phi) is 7.39. The van der Waals surface area contributed by atoms with Crippen LogP contribution in [0.1, 0.15) is 31.4 Å². The van der Waals surface area contributed by atoms with E-state index in [1.807, 2.05) is 19.1 Å². The maximum atomic E-state index is 12.2. The Bertz CT molecular complexity index is 704. The maximum absolute atomic E-state index is 12.2. The summed E-state index contributed by atoms with van der Waals surface area (Å²) in [5.74, 6) is -1.54. The van der Waals surface area contributed by atoms with E-state index in [1.54, 1.807) is 7.11 Å². The van der Waals surface area contributed by atoms with E-state index in [0.29, 0.717) is 19.6 Å². The van der Waals surface area contributed by atoms with Gasteiger partial charge in [-0.15, -0.1) is 5.10 Å². The number of amides is 1. The van der Waals surface area contributed by atoms with Gasteiger partial charge in [-0.1, -0.05) is 0 Å². The average molecular weight is 418 g/mol. The van der Waals surface area contributed by atoms with E-state index in [9.17, 15) is 18.0 Å². The fourth-order valence-electron chi connectivity index (χ4n) is 3.65. The van der Waals surface area contributed by atoms with E-state index in [1.165, 1.54) is 0 Å². The van der Waals surface area contributed by atoms with Crippen LogP contribution in [0.3, 0.4) is 0 Å². The van der Waals surface area contributed by atoms with Crippen molar-refractivity contribution in [2.24, 2.45) is 0 Å². The van der Waals surface area contributed by atoms with Crippen LogP contribution in [0.15, 0.2) is 12.1 Å². The van der Waals surface area contributed by atoms with Gasteiger partial charge in [-0.3, -0.25) is 4.79 Å². The molecule has 3 rings (SSSR count). The molecule has 11 heteroatoms. The van der Waals surface area contributed by atoms with Gasteiger partial charge in [0.2, 0.25) is 5.91 Å². The summed E-state index contributed by atoms with van der Waals surface area (Å²) in [6.45, 7) is 5.11. The van der Waals surface area contributed by atoms with Crippen molar-refractivity contribution in [3.63, 3.8) is 0 Å². The third-order valence-corrected chi connectivity index (χ3v) is 5.24. The SMILES string of the molecule is COCCN1C(=O)CCC12CCN(c1ccc(C)nn1)CC2.O=C(O)C(F)(F)F. The van der Waals surface area contributed by atoms with Crippen LogP contribution < -0.4 is 4.90 Å². The van der Waals surface area contributed by atoms with Crippen LogP contribution in [0, 0.1) is 6.92 Å². The van der Waals surface area contributed by atoms with Crippen molar-refractivity contribution in [2.45, 2.75) is 44.3 Å². The van der Waals surface area contributed by atoms with E-state index in [0.717, 1.165) is 43.9 Å². The third-order valence-electron chi connectivity index (χ3n) is 5.24. The average Bonchev–Trinajstić information content (AvgIpc) is 2.96. The summed E-state index contributed by atoms with van der Waals surface area (Å²) in [7, 11) is 1.69. The van der Waals surface area contributed by atoms with Gasteiger partial charge in [-0.2, -0.15) is 18.3 Å². The van der Waals surface area contributed by atoms with Gasteiger partial charge in [-0.05, 0) is 38.3 Å². The van der Waals surface area contributed by atoms with Crippen LogP contribution in [-0.2, 0) is 14.3 Å². The van der Waals surface area contributed by atoms with Crippen molar-refractivity contribution in [1.82, 2.24) is 15.1 Å². The summed E-state index contributed by atoms with van der Waals surface area (Å²) in [5, 5.41) is 15.5. The van der Waals surface area contributed by atoms with Gasteiger partial charge < -0.3 is 19.6 Å². The van der Waals surface area contributed by atoms with Crippen molar-refractivity contribution in [1.29, 1.82) is 0 Å². The number of carboxylic acid groups (broad SMARTS) is 1. The molecule has 1 aromatic rings. The summed E-state index contributed by atoms with van der Waals surface area (Å²) in [4.78, 5) is 25.4. The van der Waals surface area contributed by atoms with E-state index < -0.39 is 12.1 Å². The third kappa shape index (κ3) is 5.78. The molecule has 0 radical (unpaired) electrons. The molecule has 0 bridgehead atoms. The Labute approximate surface area is 166 Å². The zero-order chi connectivity index (χ0) is 21.7. The molecule has 1 aromatic heterocycles. The smallest absolute Gasteiger partial charge is 0.475 e. The zero-order valence-corrected chi connectivity index (χ0v) is 16.4. The number of likely N-dealkylation sites (tertiary alicyclic amines) is 1. The van der Waals surface area contributed by atoms with Crippen molar-refractivity contribution < 1.29 is 32.6 Å². The number of carbonyl (C=O) groups is 2. The normalized spacial score (nSPS) is 18.6. The molecule has 0 atom stereocenters. The number of methoxy groups -OCH3 is 1. The molecule has 2 aliphatic rings. The molecule has 8 nitrogen and oxygen atoms in total. The number of carbonyl (C=O) groups excluding carboxylic acids is 1. The Hall–Kier alpha value is -2.43. The number of ether oxygens (including phenoxy) is 1. The summed E-state index contributed by atoms with van der Waals surface area (Å²) in [5.41, 5.74) is 0.967. The second kappa shape index (κ2) is 9.38. The van der Waals surface area contributed by atoms with Crippen LogP contribution in [0.25, 0.3) is 0 Å². The number of aliphatic carboxylic acids is 1. The minimum Gasteiger partial charge on any atom is -0.475 e. The van der Waals surface area contributed by atoms with Crippen LogP contribution in [-0.4, -0.2) is 77.1 Å². The molecular weight excluding hydrogens is 393 g/mol. The monoisotopic (exact) mass is 418 g/mol. The highest BCUT2D eigenvalue weighted by Crippen LogP contribution is 2.39. The first-order valence-corrected chi connectivity index (χ1v) is 9.24. The lowest BCUT2D eigenvalue weighted by Crippen LogP contribution is -2.54. The minimum atomic E-state index is -5.08. The fourth-order valence-corrected chi connectivity index (χ4v) is 3.65. The summed E-state index contributed by atoms with van der Waals surface area (Å²) >= 11 is 0. The number of piperidine rings is 1. The number of carboxylic acids is 1. The van der Waals surface area contributed by atoms with Crippen LogP contribution in [0.5, 0.6) is 0 Å². The van der Waals surface area contributed by atoms with Crippen LogP contribution in [0.4, 0.5) is 19.0 Å². The molecule has 2 saturated heterocycles. The van der Waals surface area contributed by atoms with Gasteiger partial charge in [0.25, 0.3) is 0 Å². The van der Waals surface area contributed by atoms with Crippen LogP contribution in [0.2, 0.25) is 0 Å². The number of hydrogen-bond acceptors (Lipinski definition) is 6. The van der Waals surface area contributed by atoms with E-state index >= 15 is 0 Å². The van der Waals surface area contributed by atoms with E-state index in [2.05, 4.69) is 20.0 Å². The van der Waals surface area contributed by atoms with Gasteiger partial charge in [0.05, 0.1) is 12.3 Å². The number of alkyl halides is 3. The van der Waals surface area contributed by atoms with E-state index in [4.69, 9.17) is 14.6 Å². The van der Waals surface area contributed by atoms with Crippen molar-refractivity contribution in [3.8, 4) is 0 Å². The van der Waals surface area contributed by atoms with Gasteiger partial charge in [0.1, 0.15) is 0 Å². The van der Waals surface area contributed by atoms with Gasteiger partial charge in [0.15, 0.2) is 5.82 Å². The number of anilines is 1. The number of halogens is 3. The Balaban J connectivity index is 0.000000370. The van der Waals surface area contributed by atoms with Crippen molar-refractivity contribution in [3.05, 3.63) is 17.8 Å². The lowest BCUT2D eigenvalue weighted by molar-refractivity contribution is -0.192. The summed E-state index contributed by atoms with van der Waals surface area (Å²) in [6, 6.07) is 4.03. The summed E-state index contributed by atoms with van der Waals surface area (Å²) < 4.78 is 36.9. The molecule has 29 heavy (non-hydrogen) atoms. The quantitative estimate of drug-likeness (QED) is 0.799. The molecule has 2 aliphatic heterocycles. The largest absolute Gasteiger partial charge is 0.490 e. The molecule has 2 fully saturated rings. The molecular formula is C18H25F3N4O4. The molecule has 162 valence electrons. The van der Waals surface area contributed by atoms with Crippen LogP contribution >= 0.6 is 0 Å². The molecule has 1 N–H and O–H groups in total. The standard InChI is InChI=1S/C16H24N4O2.C2HF3O2/c1-13-3-4-14(18-17-13)19-9-7-16(8-10-19)6-5-15(21)20(16)11-12-22-2;3-2(4,5)1(6)7/h3-4H,5-12H2,1-2H3;(H,6,7). The first-order valence-electron chi connectivity index (χ1n) is 9.24. The lowest BCUT2D eigenvalue weighted by atomic mass is 9.85. The maximum Gasteiger partial charge on any atom is 0.490 e.